The number of morpholine rings is 1. The quantitative estimate of drug-likeness (QED) is 0.591. The Hall–Kier alpha value is -2.93. The number of rotatable bonds is 3. The van der Waals surface area contributed by atoms with E-state index in [2.05, 4.69) is 15.1 Å². The molecule has 1 aromatic heterocycles. The van der Waals surface area contributed by atoms with Crippen LogP contribution in [0.2, 0.25) is 0 Å². The summed E-state index contributed by atoms with van der Waals surface area (Å²) in [7, 11) is 0. The number of hydrogen-bond acceptors (Lipinski definition) is 5. The number of nitro benzene ring substituents is 1. The summed E-state index contributed by atoms with van der Waals surface area (Å²) in [6.07, 6.45) is 1.59. The molecule has 122 valence electrons. The van der Waals surface area contributed by atoms with E-state index in [-0.39, 0.29) is 10.6 Å². The average Bonchev–Trinajstić information content (AvgIpc) is 3.09. The number of nitrogens with zero attached hydrogens (tertiary/aromatic N) is 3. The molecule has 2 aromatic carbocycles. The van der Waals surface area contributed by atoms with E-state index in [4.69, 9.17) is 4.74 Å². The highest BCUT2D eigenvalue weighted by molar-refractivity contribution is 5.89. The monoisotopic (exact) mass is 324 g/mol. The van der Waals surface area contributed by atoms with Crippen LogP contribution in [0.4, 0.5) is 11.4 Å². The average molecular weight is 324 g/mol. The fourth-order valence-electron chi connectivity index (χ4n) is 3.04. The van der Waals surface area contributed by atoms with Gasteiger partial charge in [-0.25, -0.2) is 0 Å². The van der Waals surface area contributed by atoms with Crippen LogP contribution in [-0.2, 0) is 4.74 Å². The van der Waals surface area contributed by atoms with Crippen molar-refractivity contribution in [2.45, 2.75) is 0 Å². The lowest BCUT2D eigenvalue weighted by molar-refractivity contribution is -0.384. The Morgan fingerprint density at radius 3 is 2.62 bits per heavy atom. The normalized spacial score (nSPS) is 14.9. The van der Waals surface area contributed by atoms with Crippen LogP contribution in [0.3, 0.4) is 0 Å². The lowest BCUT2D eigenvalue weighted by atomic mass is 10.0. The summed E-state index contributed by atoms with van der Waals surface area (Å²) in [5, 5.41) is 19.0. The number of ether oxygens (including phenoxy) is 1. The summed E-state index contributed by atoms with van der Waals surface area (Å²) in [4.78, 5) is 13.3. The van der Waals surface area contributed by atoms with E-state index >= 15 is 0 Å². The summed E-state index contributed by atoms with van der Waals surface area (Å²) < 4.78 is 5.36. The zero-order valence-electron chi connectivity index (χ0n) is 12.9. The van der Waals surface area contributed by atoms with Crippen molar-refractivity contribution in [3.63, 3.8) is 0 Å². The number of fused-ring (bicyclic) bond motifs is 1. The second-order valence-electron chi connectivity index (χ2n) is 5.73. The molecule has 0 atom stereocenters. The van der Waals surface area contributed by atoms with Crippen LogP contribution in [0.15, 0.2) is 42.6 Å². The van der Waals surface area contributed by atoms with Crippen molar-refractivity contribution in [1.29, 1.82) is 0 Å². The number of aromatic nitrogens is 2. The van der Waals surface area contributed by atoms with E-state index in [1.165, 1.54) is 0 Å². The fourth-order valence-corrected chi connectivity index (χ4v) is 3.04. The third-order valence-corrected chi connectivity index (χ3v) is 4.31. The molecule has 4 rings (SSSR count). The summed E-state index contributed by atoms with van der Waals surface area (Å²) in [6.45, 7) is 3.17. The highest BCUT2D eigenvalue weighted by Gasteiger charge is 2.18. The minimum Gasteiger partial charge on any atom is -0.378 e. The Bertz CT molecular complexity index is 882. The minimum atomic E-state index is -0.350. The topological polar surface area (TPSA) is 84.3 Å². The second kappa shape index (κ2) is 5.93. The SMILES string of the molecule is O=[N+]([O-])c1cc2cn[nH]c2cc1-c1ccc(N2CCOCC2)cc1. The van der Waals surface area contributed by atoms with Crippen LogP contribution in [-0.4, -0.2) is 41.4 Å². The molecular formula is C17H16N4O3. The lowest BCUT2D eigenvalue weighted by Gasteiger charge is -2.28. The van der Waals surface area contributed by atoms with Gasteiger partial charge in [0.2, 0.25) is 0 Å². The van der Waals surface area contributed by atoms with Gasteiger partial charge in [0.25, 0.3) is 5.69 Å². The molecule has 1 fully saturated rings. The van der Waals surface area contributed by atoms with Crippen molar-refractivity contribution in [2.24, 2.45) is 0 Å². The lowest BCUT2D eigenvalue weighted by Crippen LogP contribution is -2.36. The molecule has 0 aliphatic carbocycles. The Balaban J connectivity index is 1.73. The largest absolute Gasteiger partial charge is 0.378 e. The molecule has 1 aliphatic rings. The molecule has 3 aromatic rings. The Morgan fingerprint density at radius 1 is 1.17 bits per heavy atom. The predicted octanol–water partition coefficient (Wildman–Crippen LogP) is 2.97. The Morgan fingerprint density at radius 2 is 1.92 bits per heavy atom. The molecule has 0 saturated carbocycles. The molecule has 24 heavy (non-hydrogen) atoms. The van der Waals surface area contributed by atoms with E-state index in [9.17, 15) is 10.1 Å². The third kappa shape index (κ3) is 2.59. The van der Waals surface area contributed by atoms with Crippen LogP contribution in [0.5, 0.6) is 0 Å². The molecule has 1 N–H and O–H groups in total. The van der Waals surface area contributed by atoms with Crippen molar-refractivity contribution >= 4 is 22.3 Å². The van der Waals surface area contributed by atoms with Crippen molar-refractivity contribution in [1.82, 2.24) is 10.2 Å². The second-order valence-corrected chi connectivity index (χ2v) is 5.73. The van der Waals surface area contributed by atoms with Gasteiger partial charge in [0, 0.05) is 30.2 Å². The smallest absolute Gasteiger partial charge is 0.278 e. The fraction of sp³-hybridized carbons (Fsp3) is 0.235. The maximum atomic E-state index is 11.4. The van der Waals surface area contributed by atoms with Crippen molar-refractivity contribution < 1.29 is 9.66 Å². The summed E-state index contributed by atoms with van der Waals surface area (Å²) in [5.74, 6) is 0. The molecule has 0 amide bonds. The molecular weight excluding hydrogens is 308 g/mol. The molecule has 1 saturated heterocycles. The molecule has 1 aliphatic heterocycles. The Kier molecular flexibility index (Phi) is 3.62. The predicted molar refractivity (Wildman–Crippen MR) is 91.2 cm³/mol. The van der Waals surface area contributed by atoms with Crippen molar-refractivity contribution in [2.75, 3.05) is 31.2 Å². The number of H-pyrrole nitrogens is 1. The van der Waals surface area contributed by atoms with E-state index in [1.54, 1.807) is 18.3 Å². The molecule has 0 unspecified atom stereocenters. The van der Waals surface area contributed by atoms with Crippen molar-refractivity contribution in [3.8, 4) is 11.1 Å². The molecule has 0 spiro atoms. The van der Waals surface area contributed by atoms with Crippen LogP contribution >= 0.6 is 0 Å². The van der Waals surface area contributed by atoms with E-state index < -0.39 is 0 Å². The number of nitro groups is 1. The highest BCUT2D eigenvalue weighted by Crippen LogP contribution is 2.34. The molecule has 7 heteroatoms. The number of hydrogen-bond donors (Lipinski definition) is 1. The number of aromatic amines is 1. The maximum Gasteiger partial charge on any atom is 0.278 e. The first-order valence-electron chi connectivity index (χ1n) is 7.77. The van der Waals surface area contributed by atoms with Crippen LogP contribution in [0, 0.1) is 10.1 Å². The van der Waals surface area contributed by atoms with Gasteiger partial charge in [0.05, 0.1) is 35.4 Å². The van der Waals surface area contributed by atoms with Gasteiger partial charge >= 0.3 is 0 Å². The zero-order valence-corrected chi connectivity index (χ0v) is 12.9. The minimum absolute atomic E-state index is 0.0861. The van der Waals surface area contributed by atoms with Gasteiger partial charge in [-0.15, -0.1) is 0 Å². The van der Waals surface area contributed by atoms with Gasteiger partial charge in [-0.1, -0.05) is 12.1 Å². The van der Waals surface area contributed by atoms with Gasteiger partial charge in [-0.3, -0.25) is 15.2 Å². The number of benzene rings is 2. The van der Waals surface area contributed by atoms with E-state index in [1.807, 2.05) is 24.3 Å². The van der Waals surface area contributed by atoms with E-state index in [0.29, 0.717) is 5.56 Å². The first kappa shape index (κ1) is 14.6. The van der Waals surface area contributed by atoms with Gasteiger partial charge < -0.3 is 9.64 Å². The third-order valence-electron chi connectivity index (χ3n) is 4.31. The standard InChI is InChI=1S/C17H16N4O3/c22-21(23)17-9-13-11-18-19-16(13)10-15(17)12-1-3-14(4-2-12)20-5-7-24-8-6-20/h1-4,9-11H,5-8H2,(H,18,19). The van der Waals surface area contributed by atoms with Gasteiger partial charge in [0.1, 0.15) is 0 Å². The van der Waals surface area contributed by atoms with Crippen LogP contribution in [0.1, 0.15) is 0 Å². The van der Waals surface area contributed by atoms with Gasteiger partial charge in [-0.05, 0) is 23.8 Å². The van der Waals surface area contributed by atoms with Gasteiger partial charge in [0.15, 0.2) is 0 Å². The number of nitrogens with one attached hydrogen (secondary N) is 1. The summed E-state index contributed by atoms with van der Waals surface area (Å²) >= 11 is 0. The first-order chi connectivity index (χ1) is 11.7. The molecule has 0 radical (unpaired) electrons. The Labute approximate surface area is 138 Å². The van der Waals surface area contributed by atoms with E-state index in [0.717, 1.165) is 48.5 Å². The first-order valence-corrected chi connectivity index (χ1v) is 7.77. The molecule has 7 nitrogen and oxygen atoms in total. The number of anilines is 1. The van der Waals surface area contributed by atoms with Gasteiger partial charge in [-0.2, -0.15) is 5.10 Å². The maximum absolute atomic E-state index is 11.4. The zero-order chi connectivity index (χ0) is 16.5. The summed E-state index contributed by atoms with van der Waals surface area (Å²) in [5.41, 5.74) is 3.38. The highest BCUT2D eigenvalue weighted by atomic mass is 16.6. The molecule has 0 bridgehead atoms. The van der Waals surface area contributed by atoms with Crippen LogP contribution < -0.4 is 4.90 Å². The molecule has 2 heterocycles. The van der Waals surface area contributed by atoms with Crippen LogP contribution in [0.25, 0.3) is 22.0 Å². The van der Waals surface area contributed by atoms with Crippen molar-refractivity contribution in [3.05, 3.63) is 52.7 Å². The summed E-state index contributed by atoms with van der Waals surface area (Å²) in [6, 6.07) is 11.2.